The fourth-order valence-electron chi connectivity index (χ4n) is 0.802. The van der Waals surface area contributed by atoms with Crippen molar-refractivity contribution < 1.29 is 14.1 Å². The van der Waals surface area contributed by atoms with Crippen molar-refractivity contribution in [3.63, 3.8) is 0 Å². The van der Waals surface area contributed by atoms with Gasteiger partial charge in [0.25, 0.3) is 0 Å². The summed E-state index contributed by atoms with van der Waals surface area (Å²) in [6.45, 7) is 3.82. The topological polar surface area (TPSA) is 54.4 Å². The van der Waals surface area contributed by atoms with Crippen molar-refractivity contribution in [1.29, 1.82) is 0 Å². The number of rotatable bonds is 5. The first-order valence-electron chi connectivity index (χ1n) is 3.67. The number of carboxylic acids is 1. The second kappa shape index (κ2) is 5.29. The van der Waals surface area contributed by atoms with Crippen LogP contribution in [0.1, 0.15) is 26.7 Å². The van der Waals surface area contributed by atoms with Gasteiger partial charge in [0.2, 0.25) is 0 Å². The van der Waals surface area contributed by atoms with Crippen LogP contribution in [-0.2, 0) is 15.6 Å². The molecule has 0 saturated carbocycles. The van der Waals surface area contributed by atoms with Gasteiger partial charge in [0.05, 0.1) is 0 Å². The van der Waals surface area contributed by atoms with E-state index in [4.69, 9.17) is 5.11 Å². The zero-order valence-electron chi connectivity index (χ0n) is 6.87. The molecule has 11 heavy (non-hydrogen) atoms. The lowest BCUT2D eigenvalue weighted by molar-refractivity contribution is -0.133. The van der Waals surface area contributed by atoms with Crippen LogP contribution in [0.15, 0.2) is 0 Å². The van der Waals surface area contributed by atoms with E-state index in [9.17, 15) is 9.00 Å². The molecule has 0 aromatic heterocycles. The molecule has 4 heteroatoms. The lowest BCUT2D eigenvalue weighted by atomic mass is 10.3. The quantitative estimate of drug-likeness (QED) is 0.683. The zero-order chi connectivity index (χ0) is 8.85. The molecule has 2 atom stereocenters. The Morgan fingerprint density at radius 3 is 2.55 bits per heavy atom. The molecule has 0 aliphatic heterocycles. The summed E-state index contributed by atoms with van der Waals surface area (Å²) in [4.78, 5) is 10.1. The predicted octanol–water partition coefficient (Wildman–Crippen LogP) is 1.01. The summed E-state index contributed by atoms with van der Waals surface area (Å²) in [6.07, 6.45) is 1.78. The predicted molar refractivity (Wildman–Crippen MR) is 45.0 cm³/mol. The maximum Gasteiger partial charge on any atom is 0.316 e. The molecule has 0 rings (SSSR count). The standard InChI is InChI=1S/C7H14O3S/c1-3-4-6(2)11(10)5-7(8)9/h6H,3-5H2,1-2H3,(H,8,9). The summed E-state index contributed by atoms with van der Waals surface area (Å²) < 4.78 is 11.1. The molecular formula is C7H14O3S. The van der Waals surface area contributed by atoms with Crippen molar-refractivity contribution in [3.05, 3.63) is 0 Å². The second-order valence-corrected chi connectivity index (χ2v) is 4.37. The Balaban J connectivity index is 3.73. The van der Waals surface area contributed by atoms with Crippen LogP contribution in [0, 0.1) is 0 Å². The summed E-state index contributed by atoms with van der Waals surface area (Å²) in [5.74, 6) is -1.20. The number of hydrogen-bond donors (Lipinski definition) is 1. The summed E-state index contributed by atoms with van der Waals surface area (Å²) in [6, 6.07) is 0. The maximum absolute atomic E-state index is 11.1. The molecule has 66 valence electrons. The molecule has 0 radical (unpaired) electrons. The zero-order valence-corrected chi connectivity index (χ0v) is 7.69. The van der Waals surface area contributed by atoms with Crippen LogP contribution in [-0.4, -0.2) is 26.3 Å². The summed E-state index contributed by atoms with van der Waals surface area (Å²) in [5.41, 5.74) is 0. The van der Waals surface area contributed by atoms with Gasteiger partial charge in [0.1, 0.15) is 5.75 Å². The van der Waals surface area contributed by atoms with Gasteiger partial charge in [-0.15, -0.1) is 0 Å². The molecule has 0 aliphatic carbocycles. The minimum atomic E-state index is -1.19. The summed E-state index contributed by atoms with van der Waals surface area (Å²) >= 11 is 0. The highest BCUT2D eigenvalue weighted by Gasteiger charge is 2.12. The van der Waals surface area contributed by atoms with E-state index >= 15 is 0 Å². The number of carboxylic acid groups (broad SMARTS) is 1. The van der Waals surface area contributed by atoms with Crippen LogP contribution in [0.3, 0.4) is 0 Å². The normalized spacial score (nSPS) is 15.8. The van der Waals surface area contributed by atoms with Crippen LogP contribution < -0.4 is 0 Å². The molecule has 0 heterocycles. The van der Waals surface area contributed by atoms with Gasteiger partial charge < -0.3 is 5.11 Å². The molecule has 0 amide bonds. The van der Waals surface area contributed by atoms with Gasteiger partial charge in [-0.25, -0.2) is 0 Å². The first kappa shape index (κ1) is 10.6. The molecule has 0 fully saturated rings. The van der Waals surface area contributed by atoms with Crippen molar-refractivity contribution >= 4 is 16.8 Å². The van der Waals surface area contributed by atoms with Gasteiger partial charge >= 0.3 is 5.97 Å². The van der Waals surface area contributed by atoms with E-state index in [-0.39, 0.29) is 11.0 Å². The Bertz CT molecular complexity index is 156. The fourth-order valence-corrected chi connectivity index (χ4v) is 1.83. The van der Waals surface area contributed by atoms with Crippen molar-refractivity contribution in [1.82, 2.24) is 0 Å². The lowest BCUT2D eigenvalue weighted by Gasteiger charge is -2.06. The average molecular weight is 178 g/mol. The largest absolute Gasteiger partial charge is 0.481 e. The van der Waals surface area contributed by atoms with Crippen molar-refractivity contribution in [2.24, 2.45) is 0 Å². The number of hydrogen-bond acceptors (Lipinski definition) is 2. The van der Waals surface area contributed by atoms with Gasteiger partial charge in [-0.1, -0.05) is 20.3 Å². The highest BCUT2D eigenvalue weighted by atomic mass is 32.2. The monoisotopic (exact) mass is 178 g/mol. The lowest BCUT2D eigenvalue weighted by Crippen LogP contribution is -2.18. The first-order valence-corrected chi connectivity index (χ1v) is 5.05. The van der Waals surface area contributed by atoms with Crippen molar-refractivity contribution in [2.75, 3.05) is 5.75 Å². The Kier molecular flexibility index (Phi) is 5.11. The highest BCUT2D eigenvalue weighted by molar-refractivity contribution is 7.86. The Hall–Kier alpha value is -0.380. The molecule has 3 nitrogen and oxygen atoms in total. The van der Waals surface area contributed by atoms with Crippen LogP contribution in [0.25, 0.3) is 0 Å². The molecule has 2 unspecified atom stereocenters. The minimum absolute atomic E-state index is 0.0103. The summed E-state index contributed by atoms with van der Waals surface area (Å²) in [5, 5.41) is 8.32. The molecule has 0 aliphatic rings. The highest BCUT2D eigenvalue weighted by Crippen LogP contribution is 2.03. The van der Waals surface area contributed by atoms with Crippen LogP contribution in [0.5, 0.6) is 0 Å². The molecular weight excluding hydrogens is 164 g/mol. The molecule has 1 N–H and O–H groups in total. The van der Waals surface area contributed by atoms with Crippen LogP contribution in [0.4, 0.5) is 0 Å². The van der Waals surface area contributed by atoms with E-state index in [2.05, 4.69) is 0 Å². The van der Waals surface area contributed by atoms with E-state index in [1.54, 1.807) is 0 Å². The van der Waals surface area contributed by atoms with Gasteiger partial charge in [-0.05, 0) is 6.42 Å². The third-order valence-corrected chi connectivity index (χ3v) is 3.07. The molecule has 0 bridgehead atoms. The molecule has 0 aromatic carbocycles. The van der Waals surface area contributed by atoms with Gasteiger partial charge in [-0.2, -0.15) is 0 Å². The van der Waals surface area contributed by atoms with Crippen molar-refractivity contribution in [2.45, 2.75) is 31.9 Å². The SMILES string of the molecule is CCCC(C)S(=O)CC(=O)O. The first-order chi connectivity index (χ1) is 5.07. The Morgan fingerprint density at radius 2 is 2.18 bits per heavy atom. The van der Waals surface area contributed by atoms with Gasteiger partial charge in [0.15, 0.2) is 0 Å². The number of carbonyl (C=O) groups is 1. The van der Waals surface area contributed by atoms with E-state index < -0.39 is 16.8 Å². The van der Waals surface area contributed by atoms with Gasteiger partial charge in [0, 0.05) is 16.0 Å². The molecule has 0 aromatic rings. The minimum Gasteiger partial charge on any atom is -0.481 e. The van der Waals surface area contributed by atoms with E-state index in [0.717, 1.165) is 12.8 Å². The van der Waals surface area contributed by atoms with E-state index in [1.165, 1.54) is 0 Å². The second-order valence-electron chi connectivity index (χ2n) is 2.52. The Morgan fingerprint density at radius 1 is 1.64 bits per heavy atom. The molecule has 0 saturated heterocycles. The van der Waals surface area contributed by atoms with Crippen LogP contribution in [0.2, 0.25) is 0 Å². The summed E-state index contributed by atoms with van der Waals surface area (Å²) in [7, 11) is -1.19. The third kappa shape index (κ3) is 4.95. The average Bonchev–Trinajstić information content (AvgIpc) is 1.86. The van der Waals surface area contributed by atoms with E-state index in [0.29, 0.717) is 0 Å². The molecule has 0 spiro atoms. The van der Waals surface area contributed by atoms with Crippen molar-refractivity contribution in [3.8, 4) is 0 Å². The smallest absolute Gasteiger partial charge is 0.316 e. The van der Waals surface area contributed by atoms with Gasteiger partial charge in [-0.3, -0.25) is 9.00 Å². The van der Waals surface area contributed by atoms with E-state index in [1.807, 2.05) is 13.8 Å². The number of aliphatic carboxylic acids is 1. The fraction of sp³-hybridized carbons (Fsp3) is 0.857. The third-order valence-electron chi connectivity index (χ3n) is 1.41. The Labute approximate surface area is 69.3 Å². The van der Waals surface area contributed by atoms with Crippen LogP contribution >= 0.6 is 0 Å². The maximum atomic E-state index is 11.1.